The Balaban J connectivity index is 1.28. The number of rotatable bonds is 7. The smallest absolute Gasteiger partial charge is 0.337 e. The van der Waals surface area contributed by atoms with Crippen LogP contribution in [-0.2, 0) is 29.0 Å². The summed E-state index contributed by atoms with van der Waals surface area (Å²) in [4.78, 5) is 40.5. The number of hydrogen-bond donors (Lipinski definition) is 1. The van der Waals surface area contributed by atoms with E-state index in [1.807, 2.05) is 77.7 Å². The summed E-state index contributed by atoms with van der Waals surface area (Å²) in [5.74, 6) is -0.0599. The van der Waals surface area contributed by atoms with Crippen LogP contribution >= 0.6 is 0 Å². The molecule has 41 heavy (non-hydrogen) atoms. The van der Waals surface area contributed by atoms with E-state index >= 15 is 0 Å². The Labute approximate surface area is 240 Å². The molecule has 6 rings (SSSR count). The monoisotopic (exact) mass is 544 g/mol. The minimum atomic E-state index is -0.381. The van der Waals surface area contributed by atoms with Crippen molar-refractivity contribution < 1.29 is 19.1 Å². The number of carbonyl (C=O) groups excluding carboxylic acids is 3. The fourth-order valence-corrected chi connectivity index (χ4v) is 5.91. The van der Waals surface area contributed by atoms with E-state index < -0.39 is 0 Å². The zero-order chi connectivity index (χ0) is 28.3. The maximum atomic E-state index is 13.4. The van der Waals surface area contributed by atoms with Crippen molar-refractivity contribution in [1.82, 2.24) is 10.2 Å². The van der Waals surface area contributed by atoms with Crippen molar-refractivity contribution in [3.05, 3.63) is 130 Å². The molecule has 1 heterocycles. The molecule has 0 bridgehead atoms. The molecule has 6 heteroatoms. The van der Waals surface area contributed by atoms with Crippen LogP contribution in [0.1, 0.15) is 55.3 Å². The van der Waals surface area contributed by atoms with Crippen molar-refractivity contribution in [1.29, 1.82) is 0 Å². The molecule has 0 aromatic heterocycles. The van der Waals surface area contributed by atoms with E-state index in [9.17, 15) is 14.4 Å². The molecule has 2 aliphatic rings. The second-order valence-electron chi connectivity index (χ2n) is 10.7. The van der Waals surface area contributed by atoms with Crippen LogP contribution in [0.3, 0.4) is 0 Å². The molecule has 1 aliphatic heterocycles. The van der Waals surface area contributed by atoms with E-state index in [0.717, 1.165) is 34.2 Å². The Morgan fingerprint density at radius 1 is 0.854 bits per heavy atom. The van der Waals surface area contributed by atoms with Crippen LogP contribution in [0.4, 0.5) is 0 Å². The molecule has 4 aromatic carbocycles. The van der Waals surface area contributed by atoms with Gasteiger partial charge in [0, 0.05) is 31.1 Å². The molecule has 4 aromatic rings. The molecule has 0 radical (unpaired) electrons. The summed E-state index contributed by atoms with van der Waals surface area (Å²) in [7, 11) is 1.38. The molecule has 0 spiro atoms. The van der Waals surface area contributed by atoms with Crippen molar-refractivity contribution in [2.24, 2.45) is 5.92 Å². The first-order valence-electron chi connectivity index (χ1n) is 14.0. The van der Waals surface area contributed by atoms with Gasteiger partial charge >= 0.3 is 5.97 Å². The van der Waals surface area contributed by atoms with Crippen LogP contribution in [0, 0.1) is 5.92 Å². The third-order valence-electron chi connectivity index (χ3n) is 8.22. The first kappa shape index (κ1) is 26.5. The molecule has 0 unspecified atom stereocenters. The van der Waals surface area contributed by atoms with Crippen molar-refractivity contribution in [3.8, 4) is 11.1 Å². The molecular formula is C35H32N2O4. The zero-order valence-electron chi connectivity index (χ0n) is 23.0. The summed E-state index contributed by atoms with van der Waals surface area (Å²) in [5, 5.41) is 3.17. The van der Waals surface area contributed by atoms with Crippen LogP contribution in [0.25, 0.3) is 11.1 Å². The lowest BCUT2D eigenvalue weighted by Gasteiger charge is -2.32. The van der Waals surface area contributed by atoms with Crippen molar-refractivity contribution >= 4 is 17.8 Å². The van der Waals surface area contributed by atoms with Crippen molar-refractivity contribution in [3.63, 3.8) is 0 Å². The number of esters is 1. The Hall–Kier alpha value is -4.71. The fraction of sp³-hybridized carbons (Fsp3) is 0.229. The van der Waals surface area contributed by atoms with Gasteiger partial charge in [0.1, 0.15) is 0 Å². The number of nitrogens with one attached hydrogen (secondary N) is 1. The van der Waals surface area contributed by atoms with Crippen LogP contribution in [0.15, 0.2) is 97.1 Å². The summed E-state index contributed by atoms with van der Waals surface area (Å²) >= 11 is 0. The number of ether oxygens (including phenoxy) is 1. The second-order valence-corrected chi connectivity index (χ2v) is 10.7. The number of amides is 2. The van der Waals surface area contributed by atoms with E-state index in [2.05, 4.69) is 23.5 Å². The standard InChI is InChI=1S/C35H32N2O4/c1-41-35(40)26-14-8-13-25(19-26)28-16-15-27(21-36-33(38)31-20-30(31)23-9-4-2-5-10-23)32-22-37(18-17-29(28)32)34(39)24-11-6-3-7-12-24/h2-16,19,30-31H,17-18,20-22H2,1H3,(H,36,38)/t30-,31-/m0/s1. The molecule has 1 aliphatic carbocycles. The third-order valence-corrected chi connectivity index (χ3v) is 8.22. The summed E-state index contributed by atoms with van der Waals surface area (Å²) < 4.78 is 4.93. The van der Waals surface area contributed by atoms with Crippen LogP contribution in [0.5, 0.6) is 0 Å². The average molecular weight is 545 g/mol. The maximum Gasteiger partial charge on any atom is 0.337 e. The average Bonchev–Trinajstić information content (AvgIpc) is 3.85. The molecule has 1 N–H and O–H groups in total. The number of methoxy groups -OCH3 is 1. The predicted molar refractivity (Wildman–Crippen MR) is 157 cm³/mol. The Morgan fingerprint density at radius 3 is 2.34 bits per heavy atom. The third kappa shape index (κ3) is 5.50. The summed E-state index contributed by atoms with van der Waals surface area (Å²) in [6.45, 7) is 1.44. The van der Waals surface area contributed by atoms with Crippen LogP contribution in [0.2, 0.25) is 0 Å². The van der Waals surface area contributed by atoms with Gasteiger partial charge < -0.3 is 15.0 Å². The minimum absolute atomic E-state index is 0.00647. The Bertz CT molecular complexity index is 1600. The van der Waals surface area contributed by atoms with Gasteiger partial charge in [-0.25, -0.2) is 4.79 Å². The zero-order valence-corrected chi connectivity index (χ0v) is 23.0. The Morgan fingerprint density at radius 2 is 1.59 bits per heavy atom. The van der Waals surface area contributed by atoms with Crippen molar-refractivity contribution in [2.75, 3.05) is 13.7 Å². The topological polar surface area (TPSA) is 75.7 Å². The fourth-order valence-electron chi connectivity index (χ4n) is 5.91. The van der Waals surface area contributed by atoms with Gasteiger partial charge in [0.2, 0.25) is 5.91 Å². The van der Waals surface area contributed by atoms with Gasteiger partial charge in [-0.1, -0.05) is 72.8 Å². The highest BCUT2D eigenvalue weighted by atomic mass is 16.5. The van der Waals surface area contributed by atoms with Crippen LogP contribution < -0.4 is 5.32 Å². The molecule has 6 nitrogen and oxygen atoms in total. The van der Waals surface area contributed by atoms with Gasteiger partial charge in [0.25, 0.3) is 5.91 Å². The summed E-state index contributed by atoms with van der Waals surface area (Å²) in [5.41, 5.74) is 7.51. The molecule has 2 amide bonds. The van der Waals surface area contributed by atoms with Gasteiger partial charge in [-0.15, -0.1) is 0 Å². The van der Waals surface area contributed by atoms with E-state index in [1.165, 1.54) is 12.7 Å². The van der Waals surface area contributed by atoms with Crippen molar-refractivity contribution in [2.45, 2.75) is 31.8 Å². The molecule has 0 saturated heterocycles. The summed E-state index contributed by atoms with van der Waals surface area (Å²) in [6.07, 6.45) is 1.54. The maximum absolute atomic E-state index is 13.4. The normalized spacial score (nSPS) is 17.3. The highest BCUT2D eigenvalue weighted by molar-refractivity contribution is 5.94. The highest BCUT2D eigenvalue weighted by Crippen LogP contribution is 2.47. The van der Waals surface area contributed by atoms with E-state index in [4.69, 9.17) is 4.74 Å². The molecule has 1 fully saturated rings. The van der Waals surface area contributed by atoms with E-state index in [0.29, 0.717) is 37.2 Å². The predicted octanol–water partition coefficient (Wildman–Crippen LogP) is 5.76. The number of benzene rings is 4. The number of fused-ring (bicyclic) bond motifs is 1. The first-order valence-corrected chi connectivity index (χ1v) is 14.0. The molecule has 206 valence electrons. The van der Waals surface area contributed by atoms with Gasteiger partial charge in [-0.2, -0.15) is 0 Å². The second kappa shape index (κ2) is 11.4. The quantitative estimate of drug-likeness (QED) is 0.300. The largest absolute Gasteiger partial charge is 0.465 e. The molecule has 1 saturated carbocycles. The lowest BCUT2D eigenvalue weighted by molar-refractivity contribution is -0.122. The van der Waals surface area contributed by atoms with Crippen LogP contribution in [-0.4, -0.2) is 36.3 Å². The lowest BCUT2D eigenvalue weighted by atomic mass is 9.87. The number of carbonyl (C=O) groups is 3. The Kier molecular flexibility index (Phi) is 7.38. The number of nitrogens with zero attached hydrogens (tertiary/aromatic N) is 1. The van der Waals surface area contributed by atoms with Gasteiger partial charge in [-0.3, -0.25) is 9.59 Å². The first-order chi connectivity index (χ1) is 20.0. The molecule has 2 atom stereocenters. The minimum Gasteiger partial charge on any atom is -0.465 e. The number of hydrogen-bond acceptors (Lipinski definition) is 4. The van der Waals surface area contributed by atoms with Gasteiger partial charge in [-0.05, 0) is 76.4 Å². The van der Waals surface area contributed by atoms with Gasteiger partial charge in [0.15, 0.2) is 0 Å². The highest BCUT2D eigenvalue weighted by Gasteiger charge is 2.43. The van der Waals surface area contributed by atoms with E-state index in [-0.39, 0.29) is 29.6 Å². The molecular weight excluding hydrogens is 512 g/mol. The SMILES string of the molecule is COC(=O)c1cccc(-c2ccc(CNC(=O)[C@H]3C[C@H]3c3ccccc3)c3c2CCN(C(=O)c2ccccc2)C3)c1. The van der Waals surface area contributed by atoms with Gasteiger partial charge in [0.05, 0.1) is 12.7 Å². The van der Waals surface area contributed by atoms with E-state index in [1.54, 1.807) is 6.07 Å². The summed E-state index contributed by atoms with van der Waals surface area (Å²) in [6, 6.07) is 31.1. The lowest BCUT2D eigenvalue weighted by Crippen LogP contribution is -2.37.